The molecule has 0 radical (unpaired) electrons. The molecule has 0 atom stereocenters. The predicted molar refractivity (Wildman–Crippen MR) is 82.7 cm³/mol. The monoisotopic (exact) mass is 269 g/mol. The summed E-state index contributed by atoms with van der Waals surface area (Å²) in [6, 6.07) is 10.6. The lowest BCUT2D eigenvalue weighted by Gasteiger charge is -2.23. The number of benzene rings is 1. The molecule has 0 bridgehead atoms. The highest BCUT2D eigenvalue weighted by molar-refractivity contribution is 5.68. The van der Waals surface area contributed by atoms with Crippen LogP contribution in [-0.2, 0) is 6.54 Å². The summed E-state index contributed by atoms with van der Waals surface area (Å²) in [6.45, 7) is 7.67. The van der Waals surface area contributed by atoms with Gasteiger partial charge in [0.1, 0.15) is 0 Å². The summed E-state index contributed by atoms with van der Waals surface area (Å²) in [6.07, 6.45) is 2.53. The standard InChI is InChI=1S/C17H23N3/c1-13-17(16-6-4-3-5-7-16)14(2)20(19-13)12-15-8-10-18-11-9-15/h3-7,15,18H,8-12H2,1-2H3. The van der Waals surface area contributed by atoms with Crippen LogP contribution in [0.15, 0.2) is 30.3 Å². The first-order valence-electron chi connectivity index (χ1n) is 7.56. The van der Waals surface area contributed by atoms with Crippen LogP contribution < -0.4 is 5.32 Å². The molecule has 1 aromatic carbocycles. The molecule has 1 aliphatic rings. The van der Waals surface area contributed by atoms with Crippen molar-refractivity contribution >= 4 is 0 Å². The molecule has 0 saturated carbocycles. The molecule has 20 heavy (non-hydrogen) atoms. The Labute approximate surface area is 121 Å². The summed E-state index contributed by atoms with van der Waals surface area (Å²) < 4.78 is 2.22. The second-order valence-electron chi connectivity index (χ2n) is 5.79. The molecule has 1 aliphatic heterocycles. The van der Waals surface area contributed by atoms with Gasteiger partial charge < -0.3 is 5.32 Å². The van der Waals surface area contributed by atoms with Crippen LogP contribution in [0.5, 0.6) is 0 Å². The summed E-state index contributed by atoms with van der Waals surface area (Å²) in [5.41, 5.74) is 5.02. The molecule has 2 heterocycles. The Morgan fingerprint density at radius 2 is 1.85 bits per heavy atom. The lowest BCUT2D eigenvalue weighted by atomic mass is 9.98. The maximum Gasteiger partial charge on any atom is 0.0674 e. The summed E-state index contributed by atoms with van der Waals surface area (Å²) in [7, 11) is 0. The summed E-state index contributed by atoms with van der Waals surface area (Å²) >= 11 is 0. The molecule has 1 N–H and O–H groups in total. The van der Waals surface area contributed by atoms with Crippen molar-refractivity contribution in [2.24, 2.45) is 5.92 Å². The minimum Gasteiger partial charge on any atom is -0.317 e. The smallest absolute Gasteiger partial charge is 0.0674 e. The normalized spacial score (nSPS) is 16.5. The second-order valence-corrected chi connectivity index (χ2v) is 5.79. The Morgan fingerprint density at radius 1 is 1.15 bits per heavy atom. The Balaban J connectivity index is 1.87. The van der Waals surface area contributed by atoms with E-state index < -0.39 is 0 Å². The number of hydrogen-bond acceptors (Lipinski definition) is 2. The molecule has 0 amide bonds. The third kappa shape index (κ3) is 2.63. The summed E-state index contributed by atoms with van der Waals surface area (Å²) in [5, 5.41) is 8.20. The minimum atomic E-state index is 0.762. The van der Waals surface area contributed by atoms with E-state index in [-0.39, 0.29) is 0 Å². The zero-order valence-electron chi connectivity index (χ0n) is 12.4. The topological polar surface area (TPSA) is 29.9 Å². The van der Waals surface area contributed by atoms with Crippen LogP contribution in [0.3, 0.4) is 0 Å². The maximum atomic E-state index is 4.78. The molecule has 1 saturated heterocycles. The second kappa shape index (κ2) is 5.80. The highest BCUT2D eigenvalue weighted by atomic mass is 15.3. The molecular formula is C17H23N3. The fraction of sp³-hybridized carbons (Fsp3) is 0.471. The molecular weight excluding hydrogens is 246 g/mol. The lowest BCUT2D eigenvalue weighted by Crippen LogP contribution is -2.30. The zero-order valence-corrected chi connectivity index (χ0v) is 12.4. The van der Waals surface area contributed by atoms with Crippen molar-refractivity contribution in [3.63, 3.8) is 0 Å². The van der Waals surface area contributed by atoms with Crippen molar-refractivity contribution in [3.05, 3.63) is 41.7 Å². The van der Waals surface area contributed by atoms with Crippen molar-refractivity contribution in [1.82, 2.24) is 15.1 Å². The van der Waals surface area contributed by atoms with Crippen molar-refractivity contribution in [2.75, 3.05) is 13.1 Å². The highest BCUT2D eigenvalue weighted by Gasteiger charge is 2.18. The largest absolute Gasteiger partial charge is 0.317 e. The maximum absolute atomic E-state index is 4.78. The molecule has 0 spiro atoms. The molecule has 1 aromatic heterocycles. The average molecular weight is 269 g/mol. The van der Waals surface area contributed by atoms with Crippen molar-refractivity contribution in [1.29, 1.82) is 0 Å². The van der Waals surface area contributed by atoms with E-state index in [1.165, 1.54) is 29.7 Å². The van der Waals surface area contributed by atoms with E-state index in [1.807, 2.05) is 0 Å². The number of aryl methyl sites for hydroxylation is 1. The minimum absolute atomic E-state index is 0.762. The SMILES string of the molecule is Cc1nn(CC2CCNCC2)c(C)c1-c1ccccc1. The van der Waals surface area contributed by atoms with Gasteiger partial charge in [-0.2, -0.15) is 5.10 Å². The molecule has 106 valence electrons. The Kier molecular flexibility index (Phi) is 3.88. The number of aromatic nitrogens is 2. The van der Waals surface area contributed by atoms with Crippen LogP contribution in [0.25, 0.3) is 11.1 Å². The summed E-state index contributed by atoms with van der Waals surface area (Å²) in [4.78, 5) is 0. The van der Waals surface area contributed by atoms with Crippen LogP contribution >= 0.6 is 0 Å². The molecule has 3 rings (SSSR count). The Morgan fingerprint density at radius 3 is 2.55 bits per heavy atom. The fourth-order valence-corrected chi connectivity index (χ4v) is 3.21. The van der Waals surface area contributed by atoms with E-state index in [2.05, 4.69) is 54.2 Å². The van der Waals surface area contributed by atoms with Crippen molar-refractivity contribution < 1.29 is 0 Å². The molecule has 3 heteroatoms. The van der Waals surface area contributed by atoms with Gasteiger partial charge in [-0.3, -0.25) is 4.68 Å². The van der Waals surface area contributed by atoms with Crippen LogP contribution in [0.4, 0.5) is 0 Å². The number of nitrogens with one attached hydrogen (secondary N) is 1. The first-order chi connectivity index (χ1) is 9.75. The predicted octanol–water partition coefficient (Wildman–Crippen LogP) is 3.17. The molecule has 0 unspecified atom stereocenters. The fourth-order valence-electron chi connectivity index (χ4n) is 3.21. The molecule has 1 fully saturated rings. The number of rotatable bonds is 3. The molecule has 2 aromatic rings. The first-order valence-corrected chi connectivity index (χ1v) is 7.56. The van der Waals surface area contributed by atoms with E-state index in [1.54, 1.807) is 0 Å². The number of piperidine rings is 1. The van der Waals surface area contributed by atoms with Gasteiger partial charge in [0.05, 0.1) is 5.69 Å². The zero-order chi connectivity index (χ0) is 13.9. The molecule has 3 nitrogen and oxygen atoms in total. The van der Waals surface area contributed by atoms with Gasteiger partial charge in [0.15, 0.2) is 0 Å². The highest BCUT2D eigenvalue weighted by Crippen LogP contribution is 2.27. The van der Waals surface area contributed by atoms with Gasteiger partial charge >= 0.3 is 0 Å². The van der Waals surface area contributed by atoms with Crippen molar-refractivity contribution in [2.45, 2.75) is 33.2 Å². The van der Waals surface area contributed by atoms with Gasteiger partial charge in [-0.15, -0.1) is 0 Å². The molecule has 0 aliphatic carbocycles. The average Bonchev–Trinajstić information content (AvgIpc) is 2.75. The third-order valence-electron chi connectivity index (χ3n) is 4.33. The Bertz CT molecular complexity index is 565. The van der Waals surface area contributed by atoms with Gasteiger partial charge in [0.2, 0.25) is 0 Å². The Hall–Kier alpha value is -1.61. The van der Waals surface area contributed by atoms with E-state index in [0.29, 0.717) is 0 Å². The number of hydrogen-bond donors (Lipinski definition) is 1. The first kappa shape index (κ1) is 13.4. The van der Waals surface area contributed by atoms with Crippen LogP contribution in [-0.4, -0.2) is 22.9 Å². The number of nitrogens with zero attached hydrogens (tertiary/aromatic N) is 2. The van der Waals surface area contributed by atoms with E-state index in [0.717, 1.165) is 31.2 Å². The van der Waals surface area contributed by atoms with E-state index in [4.69, 9.17) is 5.10 Å². The van der Waals surface area contributed by atoms with E-state index >= 15 is 0 Å². The van der Waals surface area contributed by atoms with Crippen LogP contribution in [0.2, 0.25) is 0 Å². The van der Waals surface area contributed by atoms with Crippen LogP contribution in [0, 0.1) is 19.8 Å². The quantitative estimate of drug-likeness (QED) is 0.927. The van der Waals surface area contributed by atoms with E-state index in [9.17, 15) is 0 Å². The van der Waals surface area contributed by atoms with Crippen LogP contribution in [0.1, 0.15) is 24.2 Å². The van der Waals surface area contributed by atoms with Gasteiger partial charge in [-0.25, -0.2) is 0 Å². The lowest BCUT2D eigenvalue weighted by molar-refractivity contribution is 0.318. The van der Waals surface area contributed by atoms with Gasteiger partial charge in [-0.05, 0) is 51.3 Å². The van der Waals surface area contributed by atoms with Crippen molar-refractivity contribution in [3.8, 4) is 11.1 Å². The van der Waals surface area contributed by atoms with Gasteiger partial charge in [0, 0.05) is 17.8 Å². The third-order valence-corrected chi connectivity index (χ3v) is 4.33. The van der Waals surface area contributed by atoms with Gasteiger partial charge in [-0.1, -0.05) is 30.3 Å². The van der Waals surface area contributed by atoms with Gasteiger partial charge in [0.25, 0.3) is 0 Å². The summed E-state index contributed by atoms with van der Waals surface area (Å²) in [5.74, 6) is 0.762.